The summed E-state index contributed by atoms with van der Waals surface area (Å²) in [5.74, 6) is 1.07. The lowest BCUT2D eigenvalue weighted by Crippen LogP contribution is -2.35. The molecule has 0 aliphatic rings. The second-order valence-electron chi connectivity index (χ2n) is 4.94. The van der Waals surface area contributed by atoms with E-state index in [9.17, 15) is 4.79 Å². The molecule has 1 amide bonds. The highest BCUT2D eigenvalue weighted by Gasteiger charge is 2.15. The number of methoxy groups -OCH3 is 3. The molecule has 124 valence electrons. The molecule has 1 aromatic carbocycles. The van der Waals surface area contributed by atoms with Crippen molar-refractivity contribution in [2.45, 2.75) is 13.0 Å². The Bertz CT molecular complexity index is 672. The molecule has 1 unspecified atom stereocenters. The number of amides is 1. The number of carbonyl (C=O) groups is 1. The van der Waals surface area contributed by atoms with Gasteiger partial charge in [-0.25, -0.2) is 4.98 Å². The molecule has 0 aliphatic carbocycles. The molecule has 23 heavy (non-hydrogen) atoms. The van der Waals surface area contributed by atoms with Crippen molar-refractivity contribution >= 4 is 17.2 Å². The molecule has 0 aliphatic heterocycles. The van der Waals surface area contributed by atoms with Crippen LogP contribution in [0.4, 0.5) is 0 Å². The van der Waals surface area contributed by atoms with E-state index in [4.69, 9.17) is 14.2 Å². The van der Waals surface area contributed by atoms with Crippen LogP contribution in [0.2, 0.25) is 0 Å². The van der Waals surface area contributed by atoms with Crippen LogP contribution in [0.3, 0.4) is 0 Å². The first-order valence-corrected chi connectivity index (χ1v) is 7.94. The molecular weight excluding hydrogens is 316 g/mol. The van der Waals surface area contributed by atoms with Crippen molar-refractivity contribution in [1.82, 2.24) is 10.3 Å². The highest BCUT2D eigenvalue weighted by Crippen LogP contribution is 2.33. The number of aromatic nitrogens is 1. The Morgan fingerprint density at radius 3 is 2.65 bits per heavy atom. The molecule has 1 N–H and O–H groups in total. The van der Waals surface area contributed by atoms with E-state index < -0.39 is 0 Å². The number of nitrogens with zero attached hydrogens (tertiary/aromatic N) is 1. The molecule has 0 fully saturated rings. The monoisotopic (exact) mass is 336 g/mol. The summed E-state index contributed by atoms with van der Waals surface area (Å²) in [7, 11) is 4.77. The van der Waals surface area contributed by atoms with E-state index >= 15 is 0 Å². The predicted molar refractivity (Wildman–Crippen MR) is 89.5 cm³/mol. The van der Waals surface area contributed by atoms with Gasteiger partial charge in [0.2, 0.25) is 0 Å². The van der Waals surface area contributed by atoms with Crippen LogP contribution in [0, 0.1) is 0 Å². The summed E-state index contributed by atoms with van der Waals surface area (Å²) < 4.78 is 15.5. The quantitative estimate of drug-likeness (QED) is 0.841. The fourth-order valence-electron chi connectivity index (χ4n) is 2.07. The van der Waals surface area contributed by atoms with Crippen molar-refractivity contribution in [3.05, 3.63) is 29.3 Å². The van der Waals surface area contributed by atoms with Crippen molar-refractivity contribution < 1.29 is 19.0 Å². The Morgan fingerprint density at radius 1 is 1.26 bits per heavy atom. The van der Waals surface area contributed by atoms with Crippen LogP contribution >= 0.6 is 11.3 Å². The summed E-state index contributed by atoms with van der Waals surface area (Å²) >= 11 is 1.40. The zero-order valence-electron chi connectivity index (χ0n) is 13.6. The Morgan fingerprint density at radius 2 is 2.00 bits per heavy atom. The van der Waals surface area contributed by atoms with Crippen LogP contribution in [-0.4, -0.2) is 44.9 Å². The average molecular weight is 336 g/mol. The maximum absolute atomic E-state index is 12.1. The minimum Gasteiger partial charge on any atom is -0.493 e. The molecule has 0 saturated heterocycles. The van der Waals surface area contributed by atoms with Crippen LogP contribution in [0.1, 0.15) is 17.4 Å². The highest BCUT2D eigenvalue weighted by molar-refractivity contribution is 7.13. The van der Waals surface area contributed by atoms with Crippen molar-refractivity contribution in [2.75, 3.05) is 27.9 Å². The van der Waals surface area contributed by atoms with Gasteiger partial charge in [0, 0.05) is 24.1 Å². The summed E-state index contributed by atoms with van der Waals surface area (Å²) in [5.41, 5.74) is 1.26. The largest absolute Gasteiger partial charge is 0.493 e. The minimum atomic E-state index is -0.211. The molecule has 1 heterocycles. The van der Waals surface area contributed by atoms with Crippen LogP contribution in [0.5, 0.6) is 11.5 Å². The molecular formula is C16H20N2O4S. The highest BCUT2D eigenvalue weighted by atomic mass is 32.1. The first kappa shape index (κ1) is 17.2. The zero-order valence-corrected chi connectivity index (χ0v) is 14.4. The van der Waals surface area contributed by atoms with Gasteiger partial charge in [-0.3, -0.25) is 4.79 Å². The molecule has 1 aromatic heterocycles. The molecule has 2 aromatic rings. The maximum Gasteiger partial charge on any atom is 0.271 e. The summed E-state index contributed by atoms with van der Waals surface area (Å²) in [5, 5.41) is 5.32. The molecule has 0 radical (unpaired) electrons. The number of hydrogen-bond donors (Lipinski definition) is 1. The van der Waals surface area contributed by atoms with Crippen LogP contribution < -0.4 is 14.8 Å². The van der Waals surface area contributed by atoms with Crippen LogP contribution in [0.25, 0.3) is 10.6 Å². The van der Waals surface area contributed by atoms with Gasteiger partial charge in [0.05, 0.1) is 20.8 Å². The fourth-order valence-corrected chi connectivity index (χ4v) is 2.87. The van der Waals surface area contributed by atoms with Crippen molar-refractivity contribution in [2.24, 2.45) is 0 Å². The van der Waals surface area contributed by atoms with Gasteiger partial charge < -0.3 is 19.5 Å². The lowest BCUT2D eigenvalue weighted by Gasteiger charge is -2.11. The van der Waals surface area contributed by atoms with Gasteiger partial charge in [0.25, 0.3) is 5.91 Å². The third-order valence-corrected chi connectivity index (χ3v) is 4.05. The fraction of sp³-hybridized carbons (Fsp3) is 0.375. The topological polar surface area (TPSA) is 69.7 Å². The minimum absolute atomic E-state index is 0.0706. The van der Waals surface area contributed by atoms with Gasteiger partial charge in [-0.1, -0.05) is 0 Å². The third-order valence-electron chi connectivity index (χ3n) is 3.16. The number of thiazole rings is 1. The number of benzene rings is 1. The standard InChI is InChI=1S/C16H20N2O4S/c1-10(8-20-2)17-15(19)12-9-23-16(18-12)11-5-6-13(21-3)14(7-11)22-4/h5-7,9-10H,8H2,1-4H3,(H,17,19). The zero-order chi connectivity index (χ0) is 16.8. The number of nitrogens with one attached hydrogen (secondary N) is 1. The van der Waals surface area contributed by atoms with Gasteiger partial charge in [-0.2, -0.15) is 0 Å². The van der Waals surface area contributed by atoms with Gasteiger partial charge in [0.1, 0.15) is 10.7 Å². The number of carbonyl (C=O) groups excluding carboxylic acids is 1. The molecule has 6 nitrogen and oxygen atoms in total. The van der Waals surface area contributed by atoms with Gasteiger partial charge in [-0.05, 0) is 25.1 Å². The molecule has 0 saturated carbocycles. The Kier molecular flexibility index (Phi) is 5.95. The molecule has 1 atom stereocenters. The molecule has 0 bridgehead atoms. The van der Waals surface area contributed by atoms with Gasteiger partial charge in [-0.15, -0.1) is 11.3 Å². The summed E-state index contributed by atoms with van der Waals surface area (Å²) in [4.78, 5) is 16.5. The van der Waals surface area contributed by atoms with Gasteiger partial charge >= 0.3 is 0 Å². The summed E-state index contributed by atoms with van der Waals surface area (Å²) in [6, 6.07) is 5.47. The number of ether oxygens (including phenoxy) is 3. The van der Waals surface area contributed by atoms with Gasteiger partial charge in [0.15, 0.2) is 11.5 Å². The van der Waals surface area contributed by atoms with Crippen LogP contribution in [-0.2, 0) is 4.74 Å². The SMILES string of the molecule is COCC(C)NC(=O)c1csc(-c2ccc(OC)c(OC)c2)n1. The lowest BCUT2D eigenvalue weighted by molar-refractivity contribution is 0.0901. The Balaban J connectivity index is 2.17. The number of hydrogen-bond acceptors (Lipinski definition) is 6. The van der Waals surface area contributed by atoms with E-state index in [1.807, 2.05) is 25.1 Å². The van der Waals surface area contributed by atoms with Crippen molar-refractivity contribution in [3.8, 4) is 22.1 Å². The molecule has 2 rings (SSSR count). The van der Waals surface area contributed by atoms with E-state index in [1.165, 1.54) is 11.3 Å². The van der Waals surface area contributed by atoms with E-state index in [2.05, 4.69) is 10.3 Å². The number of rotatable bonds is 7. The van der Waals surface area contributed by atoms with E-state index in [0.29, 0.717) is 23.8 Å². The van der Waals surface area contributed by atoms with E-state index in [-0.39, 0.29) is 11.9 Å². The third kappa shape index (κ3) is 4.20. The first-order chi connectivity index (χ1) is 11.1. The molecule has 7 heteroatoms. The summed E-state index contributed by atoms with van der Waals surface area (Å²) in [6.45, 7) is 2.33. The Labute approximate surface area is 139 Å². The summed E-state index contributed by atoms with van der Waals surface area (Å²) in [6.07, 6.45) is 0. The molecule has 0 spiro atoms. The average Bonchev–Trinajstić information content (AvgIpc) is 3.04. The smallest absolute Gasteiger partial charge is 0.271 e. The van der Waals surface area contributed by atoms with E-state index in [0.717, 1.165) is 10.6 Å². The van der Waals surface area contributed by atoms with Crippen LogP contribution in [0.15, 0.2) is 23.6 Å². The first-order valence-electron chi connectivity index (χ1n) is 7.06. The maximum atomic E-state index is 12.1. The lowest BCUT2D eigenvalue weighted by atomic mass is 10.2. The second-order valence-corrected chi connectivity index (χ2v) is 5.80. The second kappa shape index (κ2) is 7.94. The Hall–Kier alpha value is -2.12. The van der Waals surface area contributed by atoms with Crippen molar-refractivity contribution in [1.29, 1.82) is 0 Å². The predicted octanol–water partition coefficient (Wildman–Crippen LogP) is 2.59. The normalized spacial score (nSPS) is 11.8. The van der Waals surface area contributed by atoms with E-state index in [1.54, 1.807) is 26.7 Å². The van der Waals surface area contributed by atoms with Crippen molar-refractivity contribution in [3.63, 3.8) is 0 Å².